The zero-order chi connectivity index (χ0) is 29.3. The number of aliphatic hydroxyl groups is 1. The summed E-state index contributed by atoms with van der Waals surface area (Å²) in [6, 6.07) is 13.6. The number of ether oxygens (including phenoxy) is 2. The Morgan fingerprint density at radius 3 is 2.24 bits per heavy atom. The highest BCUT2D eigenvalue weighted by Gasteiger charge is 2.76. The second-order valence-electron chi connectivity index (χ2n) is 10.6. The normalized spacial score (nSPS) is 28.0. The summed E-state index contributed by atoms with van der Waals surface area (Å²) in [6.45, 7) is 7.98. The molecule has 2 aromatic rings. The molecule has 220 valence electrons. The van der Waals surface area contributed by atoms with Crippen LogP contribution in [-0.4, -0.2) is 83.2 Å². The van der Waals surface area contributed by atoms with Crippen LogP contribution in [0, 0.1) is 11.8 Å². The standard InChI is InChI=1S/C30H37BrN4O6/c1-4-34(5-2)20-11-7-18(8-12-20)33-28(38)26-30-17-22(31)25(41-30)23(24(30)29(39)35(26)15-16-36)27(37)32-19-9-13-21(14-10-19)40-6-3/h7-14,22-26,36H,4-6,15-17H2,1-3H3,(H,32,37)(H,33,38)/t22?,23-,24+,25-,26?,30?/m1/s1. The minimum absolute atomic E-state index is 0.0374. The van der Waals surface area contributed by atoms with Crippen LogP contribution in [0.25, 0.3) is 0 Å². The van der Waals surface area contributed by atoms with Gasteiger partial charge in [0.1, 0.15) is 17.4 Å². The van der Waals surface area contributed by atoms with Gasteiger partial charge in [-0.25, -0.2) is 0 Å². The second-order valence-corrected chi connectivity index (χ2v) is 11.7. The molecule has 6 atom stereocenters. The second kappa shape index (κ2) is 12.0. The first-order valence-corrected chi connectivity index (χ1v) is 15.1. The molecule has 3 fully saturated rings. The Hall–Kier alpha value is -3.15. The van der Waals surface area contributed by atoms with Crippen LogP contribution in [0.3, 0.4) is 0 Å². The van der Waals surface area contributed by atoms with E-state index < -0.39 is 35.5 Å². The Labute approximate surface area is 248 Å². The third-order valence-corrected chi connectivity index (χ3v) is 9.22. The monoisotopic (exact) mass is 628 g/mol. The van der Waals surface area contributed by atoms with Crippen LogP contribution in [0.2, 0.25) is 0 Å². The van der Waals surface area contributed by atoms with Gasteiger partial charge in [-0.1, -0.05) is 15.9 Å². The number of carbonyl (C=O) groups excluding carboxylic acids is 3. The van der Waals surface area contributed by atoms with E-state index in [0.717, 1.165) is 18.8 Å². The van der Waals surface area contributed by atoms with Crippen LogP contribution in [0.5, 0.6) is 5.75 Å². The number of fused-ring (bicyclic) bond motifs is 1. The van der Waals surface area contributed by atoms with Crippen molar-refractivity contribution in [1.82, 2.24) is 4.90 Å². The lowest BCUT2D eigenvalue weighted by Gasteiger charge is -2.34. The molecule has 0 radical (unpaired) electrons. The van der Waals surface area contributed by atoms with Gasteiger partial charge >= 0.3 is 0 Å². The molecule has 3 amide bonds. The summed E-state index contributed by atoms with van der Waals surface area (Å²) in [4.78, 5) is 44.7. The molecule has 2 bridgehead atoms. The molecule has 41 heavy (non-hydrogen) atoms. The Bertz CT molecular complexity index is 1270. The summed E-state index contributed by atoms with van der Waals surface area (Å²) < 4.78 is 12.0. The first-order valence-electron chi connectivity index (χ1n) is 14.2. The van der Waals surface area contributed by atoms with E-state index >= 15 is 0 Å². The number of rotatable bonds is 11. The van der Waals surface area contributed by atoms with Crippen molar-refractivity contribution in [3.63, 3.8) is 0 Å². The van der Waals surface area contributed by atoms with Crippen molar-refractivity contribution in [2.24, 2.45) is 11.8 Å². The van der Waals surface area contributed by atoms with Crippen molar-refractivity contribution in [2.45, 2.75) is 49.8 Å². The minimum Gasteiger partial charge on any atom is -0.494 e. The van der Waals surface area contributed by atoms with Gasteiger partial charge in [0.2, 0.25) is 17.7 Å². The van der Waals surface area contributed by atoms with Gasteiger partial charge in [-0.2, -0.15) is 0 Å². The van der Waals surface area contributed by atoms with Gasteiger partial charge in [0, 0.05) is 41.5 Å². The lowest BCUT2D eigenvalue weighted by Crippen LogP contribution is -2.54. The summed E-state index contributed by atoms with van der Waals surface area (Å²) in [7, 11) is 0. The highest BCUT2D eigenvalue weighted by molar-refractivity contribution is 9.09. The van der Waals surface area contributed by atoms with E-state index in [4.69, 9.17) is 9.47 Å². The number of nitrogens with one attached hydrogen (secondary N) is 2. The maximum Gasteiger partial charge on any atom is 0.250 e. The molecule has 0 aromatic heterocycles. The molecule has 3 aliphatic heterocycles. The van der Waals surface area contributed by atoms with Crippen molar-refractivity contribution < 1.29 is 29.0 Å². The molecule has 0 saturated carbocycles. The fourth-order valence-corrected chi connectivity index (χ4v) is 7.60. The molecule has 10 nitrogen and oxygen atoms in total. The van der Waals surface area contributed by atoms with Crippen LogP contribution in [0.15, 0.2) is 48.5 Å². The van der Waals surface area contributed by atoms with Crippen molar-refractivity contribution >= 4 is 50.7 Å². The molecule has 3 unspecified atom stereocenters. The number of nitrogens with zero attached hydrogens (tertiary/aromatic N) is 2. The van der Waals surface area contributed by atoms with E-state index in [1.54, 1.807) is 24.3 Å². The lowest BCUT2D eigenvalue weighted by molar-refractivity contribution is -0.140. The number of likely N-dealkylation sites (tertiary alicyclic amines) is 1. The van der Waals surface area contributed by atoms with Crippen molar-refractivity contribution in [2.75, 3.05) is 48.4 Å². The van der Waals surface area contributed by atoms with Crippen molar-refractivity contribution in [1.29, 1.82) is 0 Å². The number of hydrogen-bond donors (Lipinski definition) is 3. The predicted octanol–water partition coefficient (Wildman–Crippen LogP) is 3.25. The maximum absolute atomic E-state index is 13.9. The van der Waals surface area contributed by atoms with Crippen LogP contribution in [0.1, 0.15) is 27.2 Å². The van der Waals surface area contributed by atoms with Gasteiger partial charge in [0.25, 0.3) is 0 Å². The number of benzene rings is 2. The fraction of sp³-hybridized carbons (Fsp3) is 0.500. The molecule has 3 saturated heterocycles. The van der Waals surface area contributed by atoms with Crippen LogP contribution < -0.4 is 20.3 Å². The number of anilines is 3. The number of halogens is 1. The summed E-state index contributed by atoms with van der Waals surface area (Å²) in [6.07, 6.45) is -0.187. The minimum atomic E-state index is -1.20. The number of β-amino-alcohol motifs (C(OH)–C–C–N with tert-alkyl or cyclic N) is 1. The average Bonchev–Trinajstić information content (AvgIpc) is 3.55. The zero-order valence-corrected chi connectivity index (χ0v) is 25.1. The molecule has 3 heterocycles. The Morgan fingerprint density at radius 2 is 1.66 bits per heavy atom. The van der Waals surface area contributed by atoms with Crippen LogP contribution >= 0.6 is 15.9 Å². The van der Waals surface area contributed by atoms with Gasteiger partial charge in [-0.05, 0) is 75.7 Å². The molecular formula is C30H37BrN4O6. The van der Waals surface area contributed by atoms with E-state index in [-0.39, 0.29) is 29.8 Å². The topological polar surface area (TPSA) is 120 Å². The first-order chi connectivity index (χ1) is 19.8. The molecular weight excluding hydrogens is 592 g/mol. The number of carbonyl (C=O) groups is 3. The first kappa shape index (κ1) is 29.3. The largest absolute Gasteiger partial charge is 0.494 e. The molecule has 0 aliphatic carbocycles. The third kappa shape index (κ3) is 5.19. The quantitative estimate of drug-likeness (QED) is 0.327. The predicted molar refractivity (Wildman–Crippen MR) is 159 cm³/mol. The van der Waals surface area contributed by atoms with Crippen molar-refractivity contribution in [3.05, 3.63) is 48.5 Å². The van der Waals surface area contributed by atoms with Gasteiger partial charge < -0.3 is 35.0 Å². The van der Waals surface area contributed by atoms with Gasteiger partial charge in [-0.15, -0.1) is 0 Å². The fourth-order valence-electron chi connectivity index (χ4n) is 6.66. The number of amides is 3. The Kier molecular flexibility index (Phi) is 8.58. The van der Waals surface area contributed by atoms with Gasteiger partial charge in [0.05, 0.1) is 31.2 Å². The van der Waals surface area contributed by atoms with Crippen LogP contribution in [0.4, 0.5) is 17.1 Å². The molecule has 3 N–H and O–H groups in total. The number of aliphatic hydroxyl groups excluding tert-OH is 1. The zero-order valence-electron chi connectivity index (χ0n) is 23.5. The summed E-state index contributed by atoms with van der Waals surface area (Å²) in [5.41, 5.74) is 1.01. The van der Waals surface area contributed by atoms with Crippen molar-refractivity contribution in [3.8, 4) is 5.75 Å². The molecule has 5 rings (SSSR count). The molecule has 11 heteroatoms. The summed E-state index contributed by atoms with van der Waals surface area (Å²) in [5, 5.41) is 15.7. The van der Waals surface area contributed by atoms with E-state index in [1.165, 1.54) is 4.90 Å². The van der Waals surface area contributed by atoms with Crippen LogP contribution in [-0.2, 0) is 19.1 Å². The van der Waals surface area contributed by atoms with Gasteiger partial charge in [0.15, 0.2) is 0 Å². The Balaban J connectivity index is 1.39. The van der Waals surface area contributed by atoms with E-state index in [2.05, 4.69) is 45.3 Å². The lowest BCUT2D eigenvalue weighted by atomic mass is 9.70. The van der Waals surface area contributed by atoms with E-state index in [9.17, 15) is 19.5 Å². The highest BCUT2D eigenvalue weighted by Crippen LogP contribution is 2.60. The molecule has 3 aliphatic rings. The number of hydrogen-bond acceptors (Lipinski definition) is 7. The number of alkyl halides is 1. The molecule has 2 aromatic carbocycles. The summed E-state index contributed by atoms with van der Waals surface area (Å²) >= 11 is 3.67. The third-order valence-electron chi connectivity index (χ3n) is 8.38. The van der Waals surface area contributed by atoms with E-state index in [0.29, 0.717) is 30.2 Å². The van der Waals surface area contributed by atoms with Gasteiger partial charge in [-0.3, -0.25) is 14.4 Å². The van der Waals surface area contributed by atoms with E-state index in [1.807, 2.05) is 31.2 Å². The SMILES string of the molecule is CCOc1ccc(NC(=O)[C@H]2[C@@H]3OC4(CC3Br)C(C(=O)Nc3ccc(N(CC)CC)cc3)N(CCO)C(=O)[C@H]24)cc1. The summed E-state index contributed by atoms with van der Waals surface area (Å²) in [5.74, 6) is -2.07. The Morgan fingerprint density at radius 1 is 1.05 bits per heavy atom. The highest BCUT2D eigenvalue weighted by atomic mass is 79.9. The smallest absolute Gasteiger partial charge is 0.250 e. The molecule has 1 spiro atoms. The maximum atomic E-state index is 13.9. The average molecular weight is 630 g/mol.